The summed E-state index contributed by atoms with van der Waals surface area (Å²) < 4.78 is 0. The van der Waals surface area contributed by atoms with Crippen molar-refractivity contribution in [3.05, 3.63) is 0 Å². The van der Waals surface area contributed by atoms with E-state index in [1.54, 1.807) is 0 Å². The molecule has 0 radical (unpaired) electrons. The van der Waals surface area contributed by atoms with E-state index < -0.39 is 5.97 Å². The lowest BCUT2D eigenvalue weighted by atomic mass is 10.1. The number of unbranched alkanes of at least 4 members (excludes halogenated alkanes) is 4. The molecule has 18 heavy (non-hydrogen) atoms. The van der Waals surface area contributed by atoms with E-state index >= 15 is 0 Å². The first-order valence-corrected chi connectivity index (χ1v) is 7.15. The molecule has 1 fully saturated rings. The van der Waals surface area contributed by atoms with Gasteiger partial charge < -0.3 is 10.4 Å². The fraction of sp³-hybridized carbons (Fsp3) is 0.857. The Morgan fingerprint density at radius 2 is 1.89 bits per heavy atom. The summed E-state index contributed by atoms with van der Waals surface area (Å²) in [6.07, 6.45) is 8.39. The molecule has 1 rings (SSSR count). The third-order valence-corrected chi connectivity index (χ3v) is 3.65. The molecular formula is C14H25NO3. The third-order valence-electron chi connectivity index (χ3n) is 3.65. The minimum Gasteiger partial charge on any atom is -0.481 e. The number of amides is 1. The SMILES string of the molecule is CCCCCCCC(=O)NC1CCC(C(=O)O)C1. The van der Waals surface area contributed by atoms with Gasteiger partial charge in [0.1, 0.15) is 0 Å². The van der Waals surface area contributed by atoms with E-state index in [9.17, 15) is 9.59 Å². The Kier molecular flexibility index (Phi) is 6.76. The van der Waals surface area contributed by atoms with Gasteiger partial charge in [0.05, 0.1) is 5.92 Å². The maximum Gasteiger partial charge on any atom is 0.306 e. The number of carboxylic acid groups (broad SMARTS) is 1. The normalized spacial score (nSPS) is 22.9. The molecule has 0 heterocycles. The molecule has 1 saturated carbocycles. The molecule has 2 atom stereocenters. The van der Waals surface area contributed by atoms with Gasteiger partial charge in [-0.25, -0.2) is 0 Å². The molecule has 0 aliphatic heterocycles. The van der Waals surface area contributed by atoms with Crippen LogP contribution in [0.1, 0.15) is 64.7 Å². The van der Waals surface area contributed by atoms with E-state index in [1.807, 2.05) is 0 Å². The lowest BCUT2D eigenvalue weighted by Crippen LogP contribution is -2.33. The molecule has 0 aromatic heterocycles. The van der Waals surface area contributed by atoms with Crippen LogP contribution in [0, 0.1) is 5.92 Å². The molecule has 0 bridgehead atoms. The van der Waals surface area contributed by atoms with Gasteiger partial charge in [0.25, 0.3) is 0 Å². The predicted octanol–water partition coefficient (Wildman–Crippen LogP) is 2.72. The Labute approximate surface area is 109 Å². The summed E-state index contributed by atoms with van der Waals surface area (Å²) in [5, 5.41) is 11.8. The largest absolute Gasteiger partial charge is 0.481 e. The summed E-state index contributed by atoms with van der Waals surface area (Å²) in [5.74, 6) is -0.909. The minimum absolute atomic E-state index is 0.0780. The van der Waals surface area contributed by atoms with Crippen LogP contribution in [-0.2, 0) is 9.59 Å². The number of carboxylic acids is 1. The summed E-state index contributed by atoms with van der Waals surface area (Å²) in [7, 11) is 0. The first-order valence-electron chi connectivity index (χ1n) is 7.15. The number of hydrogen-bond donors (Lipinski definition) is 2. The smallest absolute Gasteiger partial charge is 0.306 e. The lowest BCUT2D eigenvalue weighted by Gasteiger charge is -2.12. The summed E-state index contributed by atoms with van der Waals surface area (Å²) >= 11 is 0. The van der Waals surface area contributed by atoms with Crippen LogP contribution in [0.4, 0.5) is 0 Å². The average molecular weight is 255 g/mol. The number of carbonyl (C=O) groups excluding carboxylic acids is 1. The van der Waals surface area contributed by atoms with Crippen molar-refractivity contribution < 1.29 is 14.7 Å². The second kappa shape index (κ2) is 8.11. The predicted molar refractivity (Wildman–Crippen MR) is 70.3 cm³/mol. The Hall–Kier alpha value is -1.06. The maximum atomic E-state index is 11.6. The van der Waals surface area contributed by atoms with Gasteiger partial charge in [0.2, 0.25) is 5.91 Å². The van der Waals surface area contributed by atoms with Crippen LogP contribution in [0.15, 0.2) is 0 Å². The number of aliphatic carboxylic acids is 1. The lowest BCUT2D eigenvalue weighted by molar-refractivity contribution is -0.141. The van der Waals surface area contributed by atoms with Crippen molar-refractivity contribution in [2.24, 2.45) is 5.92 Å². The summed E-state index contributed by atoms with van der Waals surface area (Å²) in [6.45, 7) is 2.17. The van der Waals surface area contributed by atoms with Gasteiger partial charge in [-0.05, 0) is 25.7 Å². The van der Waals surface area contributed by atoms with Crippen molar-refractivity contribution in [1.29, 1.82) is 0 Å². The number of nitrogens with one attached hydrogen (secondary N) is 1. The molecule has 4 heteroatoms. The van der Waals surface area contributed by atoms with Crippen LogP contribution < -0.4 is 5.32 Å². The van der Waals surface area contributed by atoms with Gasteiger partial charge in [0.15, 0.2) is 0 Å². The number of carbonyl (C=O) groups is 2. The van der Waals surface area contributed by atoms with Crippen LogP contribution in [0.2, 0.25) is 0 Å². The molecule has 1 amide bonds. The van der Waals surface area contributed by atoms with Gasteiger partial charge in [-0.2, -0.15) is 0 Å². The van der Waals surface area contributed by atoms with Crippen molar-refractivity contribution in [1.82, 2.24) is 5.32 Å². The zero-order chi connectivity index (χ0) is 13.4. The summed E-state index contributed by atoms with van der Waals surface area (Å²) in [5.41, 5.74) is 0. The maximum absolute atomic E-state index is 11.6. The molecule has 104 valence electrons. The van der Waals surface area contributed by atoms with Crippen LogP contribution in [0.5, 0.6) is 0 Å². The molecule has 1 aliphatic carbocycles. The van der Waals surface area contributed by atoms with E-state index in [-0.39, 0.29) is 17.9 Å². The molecular weight excluding hydrogens is 230 g/mol. The molecule has 0 saturated heterocycles. The van der Waals surface area contributed by atoms with E-state index in [1.165, 1.54) is 19.3 Å². The molecule has 0 aromatic carbocycles. The van der Waals surface area contributed by atoms with Crippen molar-refractivity contribution in [2.45, 2.75) is 70.8 Å². The molecule has 2 unspecified atom stereocenters. The van der Waals surface area contributed by atoms with Crippen LogP contribution >= 0.6 is 0 Å². The van der Waals surface area contributed by atoms with Crippen molar-refractivity contribution in [2.75, 3.05) is 0 Å². The average Bonchev–Trinajstić information content (AvgIpc) is 2.77. The zero-order valence-electron chi connectivity index (χ0n) is 11.3. The summed E-state index contributed by atoms with van der Waals surface area (Å²) in [4.78, 5) is 22.4. The topological polar surface area (TPSA) is 66.4 Å². The number of rotatable bonds is 8. The van der Waals surface area contributed by atoms with E-state index in [0.29, 0.717) is 19.3 Å². The highest BCUT2D eigenvalue weighted by Crippen LogP contribution is 2.25. The fourth-order valence-electron chi connectivity index (χ4n) is 2.53. The Morgan fingerprint density at radius 1 is 1.17 bits per heavy atom. The molecule has 0 spiro atoms. The van der Waals surface area contributed by atoms with Crippen molar-refractivity contribution in [3.8, 4) is 0 Å². The number of hydrogen-bond acceptors (Lipinski definition) is 2. The quantitative estimate of drug-likeness (QED) is 0.655. The van der Waals surface area contributed by atoms with E-state index in [0.717, 1.165) is 19.3 Å². The molecule has 4 nitrogen and oxygen atoms in total. The highest BCUT2D eigenvalue weighted by molar-refractivity contribution is 5.76. The van der Waals surface area contributed by atoms with Gasteiger partial charge in [-0.3, -0.25) is 9.59 Å². The minimum atomic E-state index is -0.730. The monoisotopic (exact) mass is 255 g/mol. The van der Waals surface area contributed by atoms with Gasteiger partial charge in [0, 0.05) is 12.5 Å². The van der Waals surface area contributed by atoms with E-state index in [2.05, 4.69) is 12.2 Å². The first kappa shape index (κ1) is 15.0. The van der Waals surface area contributed by atoms with Crippen LogP contribution in [-0.4, -0.2) is 23.0 Å². The molecule has 1 aliphatic rings. The highest BCUT2D eigenvalue weighted by Gasteiger charge is 2.30. The molecule has 0 aromatic rings. The first-order chi connectivity index (χ1) is 8.63. The Morgan fingerprint density at radius 3 is 2.50 bits per heavy atom. The zero-order valence-corrected chi connectivity index (χ0v) is 11.3. The van der Waals surface area contributed by atoms with Gasteiger partial charge in [-0.1, -0.05) is 32.6 Å². The van der Waals surface area contributed by atoms with Crippen LogP contribution in [0.3, 0.4) is 0 Å². The molecule has 2 N–H and O–H groups in total. The highest BCUT2D eigenvalue weighted by atomic mass is 16.4. The second-order valence-electron chi connectivity index (χ2n) is 5.28. The standard InChI is InChI=1S/C14H25NO3/c1-2-3-4-5-6-7-13(16)15-12-9-8-11(10-12)14(17)18/h11-12H,2-10H2,1H3,(H,15,16)(H,17,18). The van der Waals surface area contributed by atoms with E-state index in [4.69, 9.17) is 5.11 Å². The van der Waals surface area contributed by atoms with Crippen LogP contribution in [0.25, 0.3) is 0 Å². The third kappa shape index (κ3) is 5.52. The Bertz CT molecular complexity index is 278. The Balaban J connectivity index is 2.08. The summed E-state index contributed by atoms with van der Waals surface area (Å²) in [6, 6.07) is 0.0780. The van der Waals surface area contributed by atoms with Crippen molar-refractivity contribution in [3.63, 3.8) is 0 Å². The second-order valence-corrected chi connectivity index (χ2v) is 5.28. The van der Waals surface area contributed by atoms with Crippen molar-refractivity contribution >= 4 is 11.9 Å². The van der Waals surface area contributed by atoms with Gasteiger partial charge in [-0.15, -0.1) is 0 Å². The van der Waals surface area contributed by atoms with Gasteiger partial charge >= 0.3 is 5.97 Å². The fourth-order valence-corrected chi connectivity index (χ4v) is 2.53.